The van der Waals surface area contributed by atoms with E-state index in [4.69, 9.17) is 15.2 Å². The summed E-state index contributed by atoms with van der Waals surface area (Å²) >= 11 is 0. The van der Waals surface area contributed by atoms with Gasteiger partial charge in [-0.15, -0.1) is 0 Å². The number of rotatable bonds is 9. The van der Waals surface area contributed by atoms with Crippen molar-refractivity contribution < 1.29 is 70.8 Å². The van der Waals surface area contributed by atoms with Gasteiger partial charge in [0, 0.05) is 13.1 Å². The van der Waals surface area contributed by atoms with Gasteiger partial charge in [-0.25, -0.2) is 0 Å². The van der Waals surface area contributed by atoms with E-state index in [1.165, 1.54) is 0 Å². The van der Waals surface area contributed by atoms with Crippen LogP contribution in [0.5, 0.6) is 0 Å². The van der Waals surface area contributed by atoms with Gasteiger partial charge in [-0.2, -0.15) is 0 Å². The molecule has 0 fully saturated rings. The quantitative estimate of drug-likeness (QED) is 0.256. The number of carbonyl (C=O) groups is 1. The summed E-state index contributed by atoms with van der Waals surface area (Å²) in [5.41, 5.74) is 5.20. The molecule has 0 aromatic carbocycles. The van der Waals surface area contributed by atoms with Crippen molar-refractivity contribution in [2.45, 2.75) is 13.8 Å². The maximum absolute atomic E-state index is 10.5. The third kappa shape index (κ3) is 25.7. The molecule has 0 rings (SSSR count). The van der Waals surface area contributed by atoms with Crippen molar-refractivity contribution in [2.24, 2.45) is 5.73 Å². The van der Waals surface area contributed by atoms with Crippen LogP contribution in [0.4, 0.5) is 0 Å². The number of nitrogens with one attached hydrogen (secondary N) is 1. The number of carbonyl (C=O) groups excluding carboxylic acids is 1. The van der Waals surface area contributed by atoms with Gasteiger partial charge in [0.15, 0.2) is 0 Å². The van der Waals surface area contributed by atoms with Gasteiger partial charge in [0.25, 0.3) is 0 Å². The first-order chi connectivity index (χ1) is 7.81. The van der Waals surface area contributed by atoms with Crippen LogP contribution in [0, 0.1) is 7.43 Å². The third-order valence-corrected chi connectivity index (χ3v) is 1.33. The molecule has 0 saturated carbocycles. The van der Waals surface area contributed by atoms with Gasteiger partial charge in [-0.3, -0.25) is 4.79 Å². The Kier molecular flexibility index (Phi) is 40.2. The van der Waals surface area contributed by atoms with Gasteiger partial charge >= 0.3 is 51.4 Å². The van der Waals surface area contributed by atoms with Crippen molar-refractivity contribution in [3.05, 3.63) is 7.43 Å². The third-order valence-electron chi connectivity index (χ3n) is 1.33. The number of hydrogen-bond donors (Lipinski definition) is 2. The van der Waals surface area contributed by atoms with Gasteiger partial charge < -0.3 is 33.1 Å². The summed E-state index contributed by atoms with van der Waals surface area (Å²) in [4.78, 5) is 10.5. The standard InChI is InChI=1S/C8H17N2O4.C2H6.CH3.K/c9-1-3-13-5-6-14-4-2-10-8(12)7-11;1-2;;/h1-7,9H2,(H,10,12);1-2H3;1H3;/q-1;;-1;+1. The second-order valence-corrected chi connectivity index (χ2v) is 2.51. The van der Waals surface area contributed by atoms with Crippen molar-refractivity contribution in [3.63, 3.8) is 0 Å². The molecule has 0 aliphatic rings. The molecule has 6 nitrogen and oxygen atoms in total. The Morgan fingerprint density at radius 3 is 2.11 bits per heavy atom. The van der Waals surface area contributed by atoms with Gasteiger partial charge in [-0.05, 0) is 0 Å². The van der Waals surface area contributed by atoms with E-state index >= 15 is 0 Å². The molecule has 0 aliphatic heterocycles. The molecule has 3 N–H and O–H groups in total. The number of nitrogens with two attached hydrogens (primary N) is 1. The first-order valence-corrected chi connectivity index (χ1v) is 5.51. The smallest absolute Gasteiger partial charge is 0.848 e. The van der Waals surface area contributed by atoms with Gasteiger partial charge in [0.2, 0.25) is 5.91 Å². The summed E-state index contributed by atoms with van der Waals surface area (Å²) in [6.07, 6.45) is 0. The van der Waals surface area contributed by atoms with E-state index in [0.717, 1.165) is 0 Å². The molecule has 0 bridgehead atoms. The Labute approximate surface area is 153 Å². The predicted molar refractivity (Wildman–Crippen MR) is 66.3 cm³/mol. The van der Waals surface area contributed by atoms with Crippen molar-refractivity contribution in [2.75, 3.05) is 46.1 Å². The molecular formula is C11H26KN2O4-. The van der Waals surface area contributed by atoms with Crippen LogP contribution in [-0.4, -0.2) is 52.0 Å². The minimum absolute atomic E-state index is 0. The largest absolute Gasteiger partial charge is 1.00 e. The molecule has 0 atom stereocenters. The molecule has 0 aliphatic carbocycles. The van der Waals surface area contributed by atoms with E-state index in [1.54, 1.807) is 0 Å². The average Bonchev–Trinajstić information content (AvgIpc) is 2.34. The summed E-state index contributed by atoms with van der Waals surface area (Å²) in [5, 5.41) is 12.4. The van der Waals surface area contributed by atoms with Crippen LogP contribution in [0.1, 0.15) is 13.8 Å². The van der Waals surface area contributed by atoms with Crippen molar-refractivity contribution in [1.29, 1.82) is 0 Å². The Balaban J connectivity index is -0.000000232. The molecule has 106 valence electrons. The first kappa shape index (κ1) is 27.3. The minimum Gasteiger partial charge on any atom is -0.848 e. The monoisotopic (exact) mass is 289 g/mol. The summed E-state index contributed by atoms with van der Waals surface area (Å²) in [6.45, 7) is 5.99. The molecular weight excluding hydrogens is 263 g/mol. The minimum atomic E-state index is -0.736. The normalized spacial score (nSPS) is 8.22. The summed E-state index contributed by atoms with van der Waals surface area (Å²) in [6, 6.07) is 0. The SMILES string of the molecule is CC.NCCOCCOCCNC(=O)C[O-].[CH3-].[K+]. The van der Waals surface area contributed by atoms with Gasteiger partial charge in [0.05, 0.1) is 26.4 Å². The van der Waals surface area contributed by atoms with E-state index < -0.39 is 12.5 Å². The van der Waals surface area contributed by atoms with Crippen LogP contribution in [0.2, 0.25) is 0 Å². The molecule has 0 saturated heterocycles. The molecule has 0 heterocycles. The number of amides is 1. The van der Waals surface area contributed by atoms with Crippen molar-refractivity contribution in [3.8, 4) is 0 Å². The fourth-order valence-electron chi connectivity index (χ4n) is 0.719. The number of hydrogen-bond acceptors (Lipinski definition) is 5. The van der Waals surface area contributed by atoms with Gasteiger partial charge in [0.1, 0.15) is 0 Å². The van der Waals surface area contributed by atoms with Crippen LogP contribution in [0.25, 0.3) is 0 Å². The molecule has 1 amide bonds. The summed E-state index contributed by atoms with van der Waals surface area (Å²) < 4.78 is 10.1. The number of ether oxygens (including phenoxy) is 2. The zero-order valence-corrected chi connectivity index (χ0v) is 15.3. The zero-order valence-electron chi connectivity index (χ0n) is 12.2. The molecule has 7 heteroatoms. The van der Waals surface area contributed by atoms with E-state index in [9.17, 15) is 9.90 Å². The van der Waals surface area contributed by atoms with E-state index in [0.29, 0.717) is 39.5 Å². The van der Waals surface area contributed by atoms with Crippen LogP contribution >= 0.6 is 0 Å². The van der Waals surface area contributed by atoms with Crippen LogP contribution in [-0.2, 0) is 14.3 Å². The van der Waals surface area contributed by atoms with E-state index in [-0.39, 0.29) is 58.8 Å². The predicted octanol–water partition coefficient (Wildman–Crippen LogP) is -4.06. The summed E-state index contributed by atoms with van der Waals surface area (Å²) in [7, 11) is 0. The molecule has 0 aromatic heterocycles. The summed E-state index contributed by atoms with van der Waals surface area (Å²) in [5.74, 6) is -0.506. The first-order valence-electron chi connectivity index (χ1n) is 5.51. The second-order valence-electron chi connectivity index (χ2n) is 2.51. The fourth-order valence-corrected chi connectivity index (χ4v) is 0.719. The molecule has 18 heavy (non-hydrogen) atoms. The van der Waals surface area contributed by atoms with Gasteiger partial charge in [-0.1, -0.05) is 20.5 Å². The van der Waals surface area contributed by atoms with Crippen molar-refractivity contribution >= 4 is 5.91 Å². The Morgan fingerprint density at radius 2 is 1.67 bits per heavy atom. The molecule has 0 aromatic rings. The average molecular weight is 289 g/mol. The Bertz CT molecular complexity index is 151. The van der Waals surface area contributed by atoms with E-state index in [2.05, 4.69) is 5.32 Å². The fraction of sp³-hybridized carbons (Fsp3) is 0.818. The van der Waals surface area contributed by atoms with Crippen molar-refractivity contribution in [1.82, 2.24) is 5.32 Å². The van der Waals surface area contributed by atoms with E-state index in [1.807, 2.05) is 13.8 Å². The second kappa shape index (κ2) is 26.5. The molecule has 0 spiro atoms. The zero-order chi connectivity index (χ0) is 12.6. The van der Waals surface area contributed by atoms with Crippen LogP contribution in [0.15, 0.2) is 0 Å². The topological polar surface area (TPSA) is 96.6 Å². The molecule has 0 radical (unpaired) electrons. The maximum Gasteiger partial charge on any atom is 1.00 e. The van der Waals surface area contributed by atoms with Crippen LogP contribution < -0.4 is 67.5 Å². The Morgan fingerprint density at radius 1 is 1.17 bits per heavy atom. The maximum atomic E-state index is 10.5. The molecule has 0 unspecified atom stereocenters. The Hall–Kier alpha value is 0.946. The van der Waals surface area contributed by atoms with Crippen LogP contribution in [0.3, 0.4) is 0 Å².